The summed E-state index contributed by atoms with van der Waals surface area (Å²) in [5.74, 6) is -0.838. The molecule has 0 aliphatic rings. The molecule has 90 valence electrons. The Morgan fingerprint density at radius 1 is 1.44 bits per heavy atom. The fourth-order valence-electron chi connectivity index (χ4n) is 1.97. The van der Waals surface area contributed by atoms with Crippen molar-refractivity contribution in [3.8, 4) is 0 Å². The molecule has 0 amide bonds. The van der Waals surface area contributed by atoms with Crippen LogP contribution in [0, 0.1) is 13.8 Å². The van der Waals surface area contributed by atoms with Crippen LogP contribution in [0.5, 0.6) is 0 Å². The molecule has 0 atom stereocenters. The monoisotopic (exact) mass is 224 g/mol. The van der Waals surface area contributed by atoms with Crippen molar-refractivity contribution in [3.05, 3.63) is 23.0 Å². The van der Waals surface area contributed by atoms with E-state index in [9.17, 15) is 4.79 Å². The lowest BCUT2D eigenvalue weighted by atomic mass is 10.2. The van der Waals surface area contributed by atoms with Gasteiger partial charge in [0.15, 0.2) is 0 Å². The molecular formula is C12H20N2O2. The van der Waals surface area contributed by atoms with E-state index >= 15 is 0 Å². The molecule has 0 aromatic carbocycles. The number of nitrogens with zero attached hydrogens (tertiary/aromatic N) is 2. The maximum atomic E-state index is 11.1. The van der Waals surface area contributed by atoms with Crippen LogP contribution >= 0.6 is 0 Å². The number of aromatic nitrogens is 1. The highest BCUT2D eigenvalue weighted by Crippen LogP contribution is 2.15. The lowest BCUT2D eigenvalue weighted by molar-refractivity contribution is 0.0683. The summed E-state index contributed by atoms with van der Waals surface area (Å²) in [6.07, 6.45) is 0.961. The Balaban J connectivity index is 2.82. The lowest BCUT2D eigenvalue weighted by Gasteiger charge is -2.12. The van der Waals surface area contributed by atoms with E-state index in [1.165, 1.54) is 0 Å². The second kappa shape index (κ2) is 5.16. The van der Waals surface area contributed by atoms with Gasteiger partial charge < -0.3 is 14.6 Å². The fourth-order valence-corrected chi connectivity index (χ4v) is 1.97. The molecule has 0 spiro atoms. The van der Waals surface area contributed by atoms with Gasteiger partial charge in [-0.2, -0.15) is 0 Å². The van der Waals surface area contributed by atoms with Crippen molar-refractivity contribution >= 4 is 5.97 Å². The Hall–Kier alpha value is -1.29. The highest BCUT2D eigenvalue weighted by Gasteiger charge is 2.15. The van der Waals surface area contributed by atoms with Crippen LogP contribution in [-0.2, 0) is 6.54 Å². The highest BCUT2D eigenvalue weighted by atomic mass is 16.4. The van der Waals surface area contributed by atoms with Gasteiger partial charge in [-0.15, -0.1) is 0 Å². The van der Waals surface area contributed by atoms with E-state index in [1.807, 2.05) is 38.6 Å². The number of carboxylic acid groups (broad SMARTS) is 1. The first-order valence-electron chi connectivity index (χ1n) is 5.48. The largest absolute Gasteiger partial charge is 0.477 e. The number of aryl methyl sites for hydroxylation is 2. The molecule has 1 heterocycles. The van der Waals surface area contributed by atoms with E-state index in [0.717, 1.165) is 30.8 Å². The molecule has 0 bridgehead atoms. The minimum Gasteiger partial charge on any atom is -0.477 e. The van der Waals surface area contributed by atoms with Gasteiger partial charge in [0.1, 0.15) is 5.69 Å². The zero-order chi connectivity index (χ0) is 12.3. The van der Waals surface area contributed by atoms with Gasteiger partial charge in [0.2, 0.25) is 0 Å². The SMILES string of the molecule is Cc1cc(C)n(CCCN(C)C)c1C(=O)O. The Labute approximate surface area is 96.5 Å². The van der Waals surface area contributed by atoms with Crippen LogP contribution in [-0.4, -0.2) is 41.2 Å². The van der Waals surface area contributed by atoms with Gasteiger partial charge in [0, 0.05) is 12.2 Å². The standard InChI is InChI=1S/C12H20N2O2/c1-9-8-10(2)14(11(9)12(15)16)7-5-6-13(3)4/h8H,5-7H2,1-4H3,(H,15,16). The highest BCUT2D eigenvalue weighted by molar-refractivity contribution is 5.87. The van der Waals surface area contributed by atoms with Crippen molar-refractivity contribution < 1.29 is 9.90 Å². The van der Waals surface area contributed by atoms with Gasteiger partial charge in [0.05, 0.1) is 0 Å². The topological polar surface area (TPSA) is 45.5 Å². The minimum atomic E-state index is -0.838. The molecular weight excluding hydrogens is 204 g/mol. The molecule has 0 unspecified atom stereocenters. The van der Waals surface area contributed by atoms with Gasteiger partial charge >= 0.3 is 5.97 Å². The summed E-state index contributed by atoms with van der Waals surface area (Å²) >= 11 is 0. The number of aromatic carboxylic acids is 1. The maximum Gasteiger partial charge on any atom is 0.352 e. The van der Waals surface area contributed by atoms with E-state index in [2.05, 4.69) is 4.90 Å². The van der Waals surface area contributed by atoms with Gasteiger partial charge in [-0.05, 0) is 52.5 Å². The minimum absolute atomic E-state index is 0.427. The predicted molar refractivity (Wildman–Crippen MR) is 64.0 cm³/mol. The molecule has 4 heteroatoms. The average molecular weight is 224 g/mol. The molecule has 0 fully saturated rings. The molecule has 16 heavy (non-hydrogen) atoms. The number of hydrogen-bond acceptors (Lipinski definition) is 2. The molecule has 1 aromatic rings. The number of carboxylic acids is 1. The second-order valence-electron chi connectivity index (χ2n) is 4.43. The van der Waals surface area contributed by atoms with E-state index in [1.54, 1.807) is 0 Å². The maximum absolute atomic E-state index is 11.1. The van der Waals surface area contributed by atoms with Crippen LogP contribution in [0.25, 0.3) is 0 Å². The van der Waals surface area contributed by atoms with E-state index in [4.69, 9.17) is 5.11 Å². The molecule has 0 saturated heterocycles. The Morgan fingerprint density at radius 3 is 2.56 bits per heavy atom. The van der Waals surface area contributed by atoms with E-state index in [0.29, 0.717) is 5.69 Å². The Kier molecular flexibility index (Phi) is 4.12. The van der Waals surface area contributed by atoms with Crippen molar-refractivity contribution in [3.63, 3.8) is 0 Å². The molecule has 0 aliphatic carbocycles. The van der Waals surface area contributed by atoms with Gasteiger partial charge in [-0.3, -0.25) is 0 Å². The van der Waals surface area contributed by atoms with Crippen LogP contribution in [0.1, 0.15) is 28.2 Å². The zero-order valence-electron chi connectivity index (χ0n) is 10.4. The van der Waals surface area contributed by atoms with E-state index in [-0.39, 0.29) is 0 Å². The van der Waals surface area contributed by atoms with E-state index < -0.39 is 5.97 Å². The number of hydrogen-bond donors (Lipinski definition) is 1. The third-order valence-corrected chi connectivity index (χ3v) is 2.68. The molecule has 0 aliphatic heterocycles. The molecule has 0 saturated carbocycles. The summed E-state index contributed by atoms with van der Waals surface area (Å²) in [5.41, 5.74) is 2.29. The summed E-state index contributed by atoms with van der Waals surface area (Å²) in [6, 6.07) is 1.93. The first-order chi connectivity index (χ1) is 7.43. The summed E-state index contributed by atoms with van der Waals surface area (Å²) in [5, 5.41) is 9.14. The lowest BCUT2D eigenvalue weighted by Crippen LogP contribution is -2.17. The third kappa shape index (κ3) is 2.85. The Bertz CT molecular complexity index is 381. The fraction of sp³-hybridized carbons (Fsp3) is 0.583. The van der Waals surface area contributed by atoms with Gasteiger partial charge in [-0.25, -0.2) is 4.79 Å². The van der Waals surface area contributed by atoms with Crippen molar-refractivity contribution in [2.45, 2.75) is 26.8 Å². The van der Waals surface area contributed by atoms with Crippen molar-refractivity contribution in [2.75, 3.05) is 20.6 Å². The van der Waals surface area contributed by atoms with Gasteiger partial charge in [0.25, 0.3) is 0 Å². The average Bonchev–Trinajstić information content (AvgIpc) is 2.40. The first kappa shape index (κ1) is 12.8. The smallest absolute Gasteiger partial charge is 0.352 e. The third-order valence-electron chi connectivity index (χ3n) is 2.68. The summed E-state index contributed by atoms with van der Waals surface area (Å²) in [7, 11) is 4.04. The molecule has 1 aromatic heterocycles. The summed E-state index contributed by atoms with van der Waals surface area (Å²) in [4.78, 5) is 13.2. The van der Waals surface area contributed by atoms with Crippen molar-refractivity contribution in [1.29, 1.82) is 0 Å². The molecule has 1 rings (SSSR count). The summed E-state index contributed by atoms with van der Waals surface area (Å²) in [6.45, 7) is 5.53. The van der Waals surface area contributed by atoms with Crippen LogP contribution in [0.2, 0.25) is 0 Å². The quantitative estimate of drug-likeness (QED) is 0.829. The number of carbonyl (C=O) groups is 1. The summed E-state index contributed by atoms with van der Waals surface area (Å²) < 4.78 is 1.89. The molecule has 0 radical (unpaired) electrons. The molecule has 4 nitrogen and oxygen atoms in total. The predicted octanol–water partition coefficient (Wildman–Crippen LogP) is 1.75. The van der Waals surface area contributed by atoms with Crippen molar-refractivity contribution in [2.24, 2.45) is 0 Å². The Morgan fingerprint density at radius 2 is 2.06 bits per heavy atom. The van der Waals surface area contributed by atoms with Crippen LogP contribution in [0.15, 0.2) is 6.07 Å². The van der Waals surface area contributed by atoms with Crippen LogP contribution in [0.4, 0.5) is 0 Å². The second-order valence-corrected chi connectivity index (χ2v) is 4.43. The van der Waals surface area contributed by atoms with Crippen LogP contribution in [0.3, 0.4) is 0 Å². The first-order valence-corrected chi connectivity index (χ1v) is 5.48. The number of rotatable bonds is 5. The zero-order valence-corrected chi connectivity index (χ0v) is 10.4. The normalized spacial score (nSPS) is 11.1. The molecule has 1 N–H and O–H groups in total. The van der Waals surface area contributed by atoms with Crippen LogP contribution < -0.4 is 0 Å². The van der Waals surface area contributed by atoms with Gasteiger partial charge in [-0.1, -0.05) is 0 Å². The van der Waals surface area contributed by atoms with Crippen molar-refractivity contribution in [1.82, 2.24) is 9.47 Å².